The number of halogens is 1. The second kappa shape index (κ2) is 12.5. The number of rotatable bonds is 11. The van der Waals surface area contributed by atoms with E-state index in [-0.39, 0.29) is 17.3 Å². The van der Waals surface area contributed by atoms with Gasteiger partial charge in [0.2, 0.25) is 10.0 Å². The van der Waals surface area contributed by atoms with Crippen LogP contribution in [-0.4, -0.2) is 51.7 Å². The van der Waals surface area contributed by atoms with E-state index in [9.17, 15) is 17.6 Å². The van der Waals surface area contributed by atoms with Crippen molar-refractivity contribution in [1.82, 2.24) is 14.9 Å². The van der Waals surface area contributed by atoms with E-state index in [2.05, 4.69) is 10.0 Å². The van der Waals surface area contributed by atoms with Crippen LogP contribution >= 0.6 is 0 Å². The van der Waals surface area contributed by atoms with E-state index < -0.39 is 21.7 Å². The van der Waals surface area contributed by atoms with Crippen molar-refractivity contribution in [3.05, 3.63) is 77.6 Å². The Bertz CT molecular complexity index is 1320. The highest BCUT2D eigenvalue weighted by molar-refractivity contribution is 7.89. The maximum atomic E-state index is 14.5. The minimum atomic E-state index is -3.59. The highest BCUT2D eigenvalue weighted by Crippen LogP contribution is 2.19. The molecule has 0 radical (unpaired) electrons. The van der Waals surface area contributed by atoms with Crippen molar-refractivity contribution in [3.63, 3.8) is 0 Å². The molecule has 0 bridgehead atoms. The minimum absolute atomic E-state index is 0.0544. The van der Waals surface area contributed by atoms with Crippen molar-refractivity contribution in [2.75, 3.05) is 26.7 Å². The number of carbonyl (C=O) groups is 1. The Morgan fingerprint density at radius 1 is 1.00 bits per heavy atom. The predicted molar refractivity (Wildman–Crippen MR) is 144 cm³/mol. The summed E-state index contributed by atoms with van der Waals surface area (Å²) in [7, 11) is -1.66. The second-order valence-corrected chi connectivity index (χ2v) is 11.9. The van der Waals surface area contributed by atoms with Gasteiger partial charge < -0.3 is 15.0 Å². The van der Waals surface area contributed by atoms with Crippen molar-refractivity contribution in [2.45, 2.75) is 50.7 Å². The number of carbonyl (C=O) groups excluding carboxylic acids is 1. The molecule has 9 heteroatoms. The molecule has 0 aliphatic carbocycles. The molecule has 2 N–H and O–H groups in total. The average molecular weight is 530 g/mol. The van der Waals surface area contributed by atoms with Crippen molar-refractivity contribution >= 4 is 26.9 Å². The first-order valence-corrected chi connectivity index (χ1v) is 13.8. The zero-order chi connectivity index (χ0) is 27.1. The molecule has 0 atom stereocenters. The third kappa shape index (κ3) is 9.10. The Morgan fingerprint density at radius 3 is 2.43 bits per heavy atom. The van der Waals surface area contributed by atoms with E-state index >= 15 is 0 Å². The van der Waals surface area contributed by atoms with Crippen LogP contribution in [0, 0.1) is 5.82 Å². The van der Waals surface area contributed by atoms with Crippen molar-refractivity contribution < 1.29 is 22.3 Å². The first-order valence-electron chi connectivity index (χ1n) is 12.3. The number of hydrogen-bond donors (Lipinski definition) is 2. The molecule has 3 aromatic rings. The maximum Gasteiger partial charge on any atom is 0.407 e. The van der Waals surface area contributed by atoms with E-state index in [0.717, 1.165) is 29.3 Å². The zero-order valence-corrected chi connectivity index (χ0v) is 22.7. The largest absolute Gasteiger partial charge is 0.444 e. The Hall–Kier alpha value is -3.01. The zero-order valence-electron chi connectivity index (χ0n) is 21.9. The average Bonchev–Trinajstić information content (AvgIpc) is 2.82. The molecule has 7 nitrogen and oxygen atoms in total. The molecule has 200 valence electrons. The molecule has 0 saturated heterocycles. The molecule has 0 aromatic heterocycles. The first kappa shape index (κ1) is 28.6. The Labute approximate surface area is 219 Å². The lowest BCUT2D eigenvalue weighted by Crippen LogP contribution is -2.33. The summed E-state index contributed by atoms with van der Waals surface area (Å²) in [6.07, 6.45) is 0.894. The van der Waals surface area contributed by atoms with Crippen LogP contribution in [0.2, 0.25) is 0 Å². The van der Waals surface area contributed by atoms with Crippen LogP contribution in [0.4, 0.5) is 9.18 Å². The van der Waals surface area contributed by atoms with Crippen LogP contribution in [0.25, 0.3) is 10.8 Å². The quantitative estimate of drug-likeness (QED) is 0.371. The number of ether oxygens (including phenoxy) is 1. The molecule has 0 unspecified atom stereocenters. The van der Waals surface area contributed by atoms with Gasteiger partial charge in [-0.2, -0.15) is 0 Å². The molecule has 3 rings (SSSR count). The summed E-state index contributed by atoms with van der Waals surface area (Å²) >= 11 is 0. The Balaban J connectivity index is 1.40. The summed E-state index contributed by atoms with van der Waals surface area (Å²) in [4.78, 5) is 14.1. The van der Waals surface area contributed by atoms with Crippen LogP contribution in [0.5, 0.6) is 0 Å². The van der Waals surface area contributed by atoms with E-state index in [4.69, 9.17) is 4.74 Å². The van der Waals surface area contributed by atoms with Gasteiger partial charge in [0.05, 0.1) is 4.90 Å². The molecule has 0 aliphatic rings. The van der Waals surface area contributed by atoms with Crippen LogP contribution in [0.3, 0.4) is 0 Å². The Morgan fingerprint density at radius 2 is 1.73 bits per heavy atom. The summed E-state index contributed by atoms with van der Waals surface area (Å²) in [6, 6.07) is 17.8. The molecular weight excluding hydrogens is 493 g/mol. The van der Waals surface area contributed by atoms with Crippen LogP contribution in [0.1, 0.15) is 38.3 Å². The number of fused-ring (bicyclic) bond motifs is 1. The normalized spacial score (nSPS) is 12.2. The molecule has 0 saturated carbocycles. The maximum absolute atomic E-state index is 14.5. The summed E-state index contributed by atoms with van der Waals surface area (Å²) in [5.74, 6) is -0.370. The van der Waals surface area contributed by atoms with Crippen LogP contribution in [-0.2, 0) is 27.7 Å². The van der Waals surface area contributed by atoms with E-state index in [1.807, 2.05) is 48.3 Å². The third-order valence-electron chi connectivity index (χ3n) is 5.76. The highest BCUT2D eigenvalue weighted by Gasteiger charge is 2.17. The highest BCUT2D eigenvalue weighted by atomic mass is 32.2. The van der Waals surface area contributed by atoms with Gasteiger partial charge in [0.15, 0.2) is 0 Å². The molecule has 37 heavy (non-hydrogen) atoms. The lowest BCUT2D eigenvalue weighted by atomic mass is 10.1. The van der Waals surface area contributed by atoms with Gasteiger partial charge in [-0.3, -0.25) is 0 Å². The van der Waals surface area contributed by atoms with Crippen molar-refractivity contribution in [1.29, 1.82) is 0 Å². The monoisotopic (exact) mass is 529 g/mol. The third-order valence-corrected chi connectivity index (χ3v) is 7.22. The number of likely N-dealkylation sites (N-methyl/N-ethyl adjacent to an activating group) is 1. The number of aryl methyl sites for hydroxylation is 1. The molecule has 0 fully saturated rings. The summed E-state index contributed by atoms with van der Waals surface area (Å²) in [6.45, 7) is 6.94. The number of sulfonamides is 1. The molecule has 0 spiro atoms. The van der Waals surface area contributed by atoms with Gasteiger partial charge in [0, 0.05) is 25.2 Å². The van der Waals surface area contributed by atoms with Crippen molar-refractivity contribution in [2.24, 2.45) is 0 Å². The van der Waals surface area contributed by atoms with E-state index in [1.165, 1.54) is 6.07 Å². The van der Waals surface area contributed by atoms with Crippen molar-refractivity contribution in [3.8, 4) is 0 Å². The van der Waals surface area contributed by atoms with Gasteiger partial charge in [-0.15, -0.1) is 0 Å². The fraction of sp³-hybridized carbons (Fsp3) is 0.393. The predicted octanol–water partition coefficient (Wildman–Crippen LogP) is 4.85. The van der Waals surface area contributed by atoms with Gasteiger partial charge >= 0.3 is 6.09 Å². The molecule has 0 heterocycles. The van der Waals surface area contributed by atoms with Gasteiger partial charge in [-0.25, -0.2) is 22.3 Å². The van der Waals surface area contributed by atoms with Gasteiger partial charge in [0.1, 0.15) is 11.4 Å². The molecule has 0 aliphatic heterocycles. The molecule has 3 aromatic carbocycles. The van der Waals surface area contributed by atoms with Gasteiger partial charge in [0.25, 0.3) is 0 Å². The van der Waals surface area contributed by atoms with Crippen LogP contribution < -0.4 is 10.0 Å². The smallest absolute Gasteiger partial charge is 0.407 e. The number of amides is 1. The minimum Gasteiger partial charge on any atom is -0.444 e. The number of nitrogens with zero attached hydrogens (tertiary/aromatic N) is 1. The Kier molecular flexibility index (Phi) is 9.64. The number of benzene rings is 3. The molecule has 1 amide bonds. The standard InChI is InChI=1S/C28H36FN3O4S/c1-28(2,3)36-27(33)30-20-24-12-11-21(18-26(24)29)8-7-16-32(4)17-15-31-37(34,35)25-14-13-22-9-5-6-10-23(22)19-25/h5-6,9-14,18-19,31H,7-8,15-17,20H2,1-4H3,(H,30,33). The number of alkyl carbamates (subject to hydrolysis) is 1. The summed E-state index contributed by atoms with van der Waals surface area (Å²) < 4.78 is 47.6. The lowest BCUT2D eigenvalue weighted by molar-refractivity contribution is 0.0523. The number of hydrogen-bond acceptors (Lipinski definition) is 5. The number of nitrogens with one attached hydrogen (secondary N) is 2. The second-order valence-electron chi connectivity index (χ2n) is 10.1. The van der Waals surface area contributed by atoms with Gasteiger partial charge in [-0.1, -0.05) is 42.5 Å². The lowest BCUT2D eigenvalue weighted by Gasteiger charge is -2.19. The van der Waals surface area contributed by atoms with Gasteiger partial charge in [-0.05, 0) is 81.7 Å². The summed E-state index contributed by atoms with van der Waals surface area (Å²) in [5, 5.41) is 4.44. The van der Waals surface area contributed by atoms with Crippen LogP contribution in [0.15, 0.2) is 65.6 Å². The van der Waals surface area contributed by atoms with E-state index in [1.54, 1.807) is 39.0 Å². The topological polar surface area (TPSA) is 87.7 Å². The fourth-order valence-corrected chi connectivity index (χ4v) is 4.88. The van der Waals surface area contributed by atoms with E-state index in [0.29, 0.717) is 25.1 Å². The first-order chi connectivity index (χ1) is 17.4. The SMILES string of the molecule is CN(CCCc1ccc(CNC(=O)OC(C)(C)C)c(F)c1)CCNS(=O)(=O)c1ccc2ccccc2c1. The summed E-state index contributed by atoms with van der Waals surface area (Å²) in [5.41, 5.74) is 0.649. The fourth-order valence-electron chi connectivity index (χ4n) is 3.82. The molecular formula is C28H36FN3O4S.